The van der Waals surface area contributed by atoms with Gasteiger partial charge in [-0.2, -0.15) is 0 Å². The summed E-state index contributed by atoms with van der Waals surface area (Å²) in [6.45, 7) is 7.55. The number of hydrogen-bond acceptors (Lipinski definition) is 9. The van der Waals surface area contributed by atoms with Crippen LogP contribution in [-0.4, -0.2) is 39.3 Å². The topological polar surface area (TPSA) is 119 Å². The van der Waals surface area contributed by atoms with Crippen molar-refractivity contribution in [2.75, 3.05) is 11.5 Å². The van der Waals surface area contributed by atoms with Crippen LogP contribution in [0.25, 0.3) is 5.76 Å². The predicted molar refractivity (Wildman–Crippen MR) is 158 cm³/mol. The molecule has 0 bridgehead atoms. The fourth-order valence-corrected chi connectivity index (χ4v) is 5.58. The fourth-order valence-electron chi connectivity index (χ4n) is 4.59. The number of carbonyl (C=O) groups is 3. The summed E-state index contributed by atoms with van der Waals surface area (Å²) in [4.78, 5) is 49.3. The van der Waals surface area contributed by atoms with Crippen molar-refractivity contribution in [2.45, 2.75) is 26.5 Å². The van der Waals surface area contributed by atoms with Crippen LogP contribution < -0.4 is 9.64 Å². The van der Waals surface area contributed by atoms with Crippen LogP contribution in [0.3, 0.4) is 0 Å². The molecule has 1 saturated heterocycles. The average molecular weight is 582 g/mol. The van der Waals surface area contributed by atoms with Gasteiger partial charge in [0.25, 0.3) is 5.78 Å². The van der Waals surface area contributed by atoms with E-state index >= 15 is 0 Å². The lowest BCUT2D eigenvalue weighted by Gasteiger charge is -2.22. The highest BCUT2D eigenvalue weighted by Crippen LogP contribution is 2.43. The highest BCUT2D eigenvalue weighted by molar-refractivity contribution is 7.17. The molecule has 2 aromatic carbocycles. The van der Waals surface area contributed by atoms with E-state index in [1.807, 2.05) is 31.2 Å². The normalized spacial score (nSPS) is 16.0. The molecule has 1 atom stereocenters. The molecule has 0 saturated carbocycles. The molecule has 42 heavy (non-hydrogen) atoms. The third-order valence-electron chi connectivity index (χ3n) is 6.57. The first-order valence-corrected chi connectivity index (χ1v) is 13.8. The molecule has 0 radical (unpaired) electrons. The average Bonchev–Trinajstić information content (AvgIpc) is 3.51. The molecule has 4 aromatic rings. The lowest BCUT2D eigenvalue weighted by Crippen LogP contribution is -2.29. The molecule has 1 N–H and O–H groups in total. The first kappa shape index (κ1) is 28.4. The van der Waals surface area contributed by atoms with Gasteiger partial charge < -0.3 is 14.6 Å². The number of carbonyl (C=O) groups excluding carboxylic acids is 3. The van der Waals surface area contributed by atoms with Gasteiger partial charge in [-0.3, -0.25) is 19.5 Å². The van der Waals surface area contributed by atoms with E-state index in [-0.39, 0.29) is 27.9 Å². The smallest absolute Gasteiger partial charge is 0.350 e. The van der Waals surface area contributed by atoms with Crippen molar-refractivity contribution >= 4 is 39.9 Å². The van der Waals surface area contributed by atoms with Gasteiger partial charge in [-0.15, -0.1) is 0 Å². The molecule has 0 aliphatic carbocycles. The first-order chi connectivity index (χ1) is 20.3. The molecule has 1 fully saturated rings. The number of Topliss-reactive ketones (excluding diaryl/α,β-unsaturated/α-hetero) is 1. The molecule has 10 heteroatoms. The number of nitrogens with zero attached hydrogens (tertiary/aromatic N) is 3. The van der Waals surface area contributed by atoms with E-state index in [1.54, 1.807) is 49.5 Å². The Balaban J connectivity index is 1.49. The van der Waals surface area contributed by atoms with Gasteiger partial charge in [-0.05, 0) is 55.3 Å². The summed E-state index contributed by atoms with van der Waals surface area (Å²) in [7, 11) is 0. The standard InChI is InChI=1S/C32H27N3O6S/c1-4-15-40-31(39)29-20(3)34-32(42-29)35-26(23-9-6-14-33-17-23)25(28(37)30(35)38)27(36)22-10-12-24(13-11-22)41-18-21-8-5-7-19(2)16-21/h4-14,16-17,26,36H,1,15,18H2,2-3H3/b27-25+. The van der Waals surface area contributed by atoms with E-state index in [1.165, 1.54) is 17.2 Å². The van der Waals surface area contributed by atoms with Crippen LogP contribution in [0.2, 0.25) is 0 Å². The van der Waals surface area contributed by atoms with Crippen molar-refractivity contribution in [3.63, 3.8) is 0 Å². The van der Waals surface area contributed by atoms with Gasteiger partial charge in [0, 0.05) is 18.0 Å². The number of rotatable bonds is 9. The van der Waals surface area contributed by atoms with Gasteiger partial charge in [0.15, 0.2) is 5.13 Å². The summed E-state index contributed by atoms with van der Waals surface area (Å²) in [6.07, 6.45) is 4.52. The molecule has 2 aromatic heterocycles. The number of aliphatic hydroxyl groups excluding tert-OH is 1. The molecule has 1 aliphatic rings. The second-order valence-electron chi connectivity index (χ2n) is 9.56. The summed E-state index contributed by atoms with van der Waals surface area (Å²) >= 11 is 0.927. The van der Waals surface area contributed by atoms with Gasteiger partial charge in [0.05, 0.1) is 17.3 Å². The quantitative estimate of drug-likeness (QED) is 0.0879. The SMILES string of the molecule is C=CCOC(=O)c1sc(N2C(=O)C(=O)/C(=C(/O)c3ccc(OCc4cccc(C)c4)cc3)C2c2cccnc2)nc1C. The summed E-state index contributed by atoms with van der Waals surface area (Å²) in [5.74, 6) is -2.16. The van der Waals surface area contributed by atoms with Crippen molar-refractivity contribution in [1.29, 1.82) is 0 Å². The molecule has 1 amide bonds. The Morgan fingerprint density at radius 1 is 1.12 bits per heavy atom. The van der Waals surface area contributed by atoms with E-state index in [9.17, 15) is 19.5 Å². The number of anilines is 1. The molecule has 1 aliphatic heterocycles. The summed E-state index contributed by atoms with van der Waals surface area (Å²) in [6, 6.07) is 16.9. The van der Waals surface area contributed by atoms with Crippen molar-refractivity contribution in [3.05, 3.63) is 124 Å². The number of benzene rings is 2. The number of ether oxygens (including phenoxy) is 2. The highest BCUT2D eigenvalue weighted by Gasteiger charge is 2.48. The van der Waals surface area contributed by atoms with E-state index in [0.717, 1.165) is 22.5 Å². The van der Waals surface area contributed by atoms with E-state index in [2.05, 4.69) is 16.5 Å². The van der Waals surface area contributed by atoms with Gasteiger partial charge >= 0.3 is 11.9 Å². The minimum Gasteiger partial charge on any atom is -0.507 e. The Morgan fingerprint density at radius 2 is 1.90 bits per heavy atom. The highest BCUT2D eigenvalue weighted by atomic mass is 32.1. The fraction of sp³-hybridized carbons (Fsp3) is 0.156. The van der Waals surface area contributed by atoms with Crippen molar-refractivity contribution < 1.29 is 29.0 Å². The van der Waals surface area contributed by atoms with Crippen LogP contribution in [0.1, 0.15) is 43.7 Å². The maximum absolute atomic E-state index is 13.4. The molecule has 3 heterocycles. The first-order valence-electron chi connectivity index (χ1n) is 13.0. The van der Waals surface area contributed by atoms with Gasteiger partial charge in [0.1, 0.15) is 29.6 Å². The maximum atomic E-state index is 13.4. The molecule has 1 unspecified atom stereocenters. The Morgan fingerprint density at radius 3 is 2.60 bits per heavy atom. The number of aryl methyl sites for hydroxylation is 2. The molecule has 5 rings (SSSR count). The zero-order valence-electron chi connectivity index (χ0n) is 22.9. The van der Waals surface area contributed by atoms with Gasteiger partial charge in [-0.25, -0.2) is 9.78 Å². The lowest BCUT2D eigenvalue weighted by molar-refractivity contribution is -0.132. The van der Waals surface area contributed by atoms with Crippen molar-refractivity contribution in [1.82, 2.24) is 9.97 Å². The van der Waals surface area contributed by atoms with Crippen LogP contribution >= 0.6 is 11.3 Å². The molecule has 0 spiro atoms. The second kappa shape index (κ2) is 12.2. The minimum absolute atomic E-state index is 0.0153. The van der Waals surface area contributed by atoms with E-state index in [4.69, 9.17) is 9.47 Å². The monoisotopic (exact) mass is 581 g/mol. The van der Waals surface area contributed by atoms with Crippen LogP contribution in [0, 0.1) is 13.8 Å². The summed E-state index contributed by atoms with van der Waals surface area (Å²) in [5.41, 5.74) is 3.19. The summed E-state index contributed by atoms with van der Waals surface area (Å²) < 4.78 is 11.0. The number of aliphatic hydroxyl groups is 1. The van der Waals surface area contributed by atoms with Crippen LogP contribution in [-0.2, 0) is 20.9 Å². The van der Waals surface area contributed by atoms with Crippen LogP contribution in [0.5, 0.6) is 5.75 Å². The third-order valence-corrected chi connectivity index (χ3v) is 7.71. The summed E-state index contributed by atoms with van der Waals surface area (Å²) in [5, 5.41) is 11.5. The second-order valence-corrected chi connectivity index (χ2v) is 10.5. The van der Waals surface area contributed by atoms with Crippen LogP contribution in [0.4, 0.5) is 5.13 Å². The molecular weight excluding hydrogens is 554 g/mol. The number of esters is 1. The Kier molecular flexibility index (Phi) is 8.26. The number of amides is 1. The lowest BCUT2D eigenvalue weighted by atomic mass is 9.96. The third kappa shape index (κ3) is 5.70. The number of aromatic nitrogens is 2. The van der Waals surface area contributed by atoms with E-state index < -0.39 is 23.7 Å². The largest absolute Gasteiger partial charge is 0.507 e. The molecule has 212 valence electrons. The van der Waals surface area contributed by atoms with Gasteiger partial charge in [-0.1, -0.05) is 59.9 Å². The number of pyridine rings is 1. The number of hydrogen-bond donors (Lipinski definition) is 1. The van der Waals surface area contributed by atoms with Crippen molar-refractivity contribution in [2.24, 2.45) is 0 Å². The van der Waals surface area contributed by atoms with Crippen molar-refractivity contribution in [3.8, 4) is 5.75 Å². The number of thiazole rings is 1. The Labute approximate surface area is 246 Å². The van der Waals surface area contributed by atoms with Crippen LogP contribution in [0.15, 0.2) is 91.3 Å². The minimum atomic E-state index is -1.03. The van der Waals surface area contributed by atoms with E-state index in [0.29, 0.717) is 29.2 Å². The Hall–Kier alpha value is -5.09. The predicted octanol–water partition coefficient (Wildman–Crippen LogP) is 5.70. The van der Waals surface area contributed by atoms with Gasteiger partial charge in [0.2, 0.25) is 0 Å². The molecular formula is C32H27N3O6S. The Bertz CT molecular complexity index is 1690. The molecule has 9 nitrogen and oxygen atoms in total. The number of ketones is 1. The zero-order valence-corrected chi connectivity index (χ0v) is 23.8. The zero-order chi connectivity index (χ0) is 29.8. The maximum Gasteiger partial charge on any atom is 0.350 e.